The van der Waals surface area contributed by atoms with Crippen molar-refractivity contribution in [3.05, 3.63) is 24.3 Å². The number of allylic oxidation sites excluding steroid dienone is 1. The molecular weight excluding hydrogens is 367 g/mol. The third-order valence-electron chi connectivity index (χ3n) is 3.33. The predicted octanol–water partition coefficient (Wildman–Crippen LogP) is 5.52. The van der Waals surface area contributed by atoms with Crippen LogP contribution in [0.2, 0.25) is 0 Å². The summed E-state index contributed by atoms with van der Waals surface area (Å²) in [6.45, 7) is 8.57. The fourth-order valence-corrected chi connectivity index (χ4v) is 2.94. The van der Waals surface area contributed by atoms with Gasteiger partial charge in [-0.25, -0.2) is 0 Å². The number of hydrogen-bond acceptors (Lipinski definition) is 2. The Morgan fingerprint density at radius 2 is 2.42 bits per heavy atom. The molecule has 0 spiro atoms. The Balaban J connectivity index is 2.35. The molecule has 3 atom stereocenters. The molecule has 0 aromatic heterocycles. The summed E-state index contributed by atoms with van der Waals surface area (Å²) in [5.41, 5.74) is 1.35. The fourth-order valence-electron chi connectivity index (χ4n) is 2.34. The molecule has 1 rings (SSSR count). The van der Waals surface area contributed by atoms with Crippen molar-refractivity contribution in [2.75, 3.05) is 0 Å². The van der Waals surface area contributed by atoms with E-state index in [9.17, 15) is 0 Å². The smallest absolute Gasteiger partial charge is 0.0869 e. The molecule has 0 aromatic rings. The van der Waals surface area contributed by atoms with Gasteiger partial charge in [-0.05, 0) is 45.8 Å². The molecule has 0 radical (unpaired) electrons. The van der Waals surface area contributed by atoms with Crippen LogP contribution < -0.4 is 0 Å². The van der Waals surface area contributed by atoms with Gasteiger partial charge in [0.15, 0.2) is 0 Å². The van der Waals surface area contributed by atoms with E-state index in [1.807, 2.05) is 0 Å². The number of hydrogen-bond donors (Lipinski definition) is 0. The minimum absolute atomic E-state index is 0.177. The average molecular weight is 390 g/mol. The van der Waals surface area contributed by atoms with Gasteiger partial charge in [0.25, 0.3) is 0 Å². The summed E-state index contributed by atoms with van der Waals surface area (Å²) in [5, 5.41) is 3.01. The molecule has 0 saturated heterocycles. The topological polar surface area (TPSA) is 9.23 Å². The zero-order valence-electron chi connectivity index (χ0n) is 11.8. The number of ether oxygens (including phenoxy) is 1. The van der Waals surface area contributed by atoms with Crippen LogP contribution in [0.15, 0.2) is 24.3 Å². The van der Waals surface area contributed by atoms with Crippen molar-refractivity contribution in [3.8, 4) is 11.2 Å². The van der Waals surface area contributed by atoms with Crippen molar-refractivity contribution in [2.45, 2.75) is 58.2 Å². The van der Waals surface area contributed by atoms with Gasteiger partial charge < -0.3 is 4.74 Å². The van der Waals surface area contributed by atoms with Gasteiger partial charge >= 0.3 is 0 Å². The van der Waals surface area contributed by atoms with Gasteiger partial charge in [-0.15, -0.1) is 0 Å². The minimum atomic E-state index is 0.177. The molecule has 0 aromatic carbocycles. The summed E-state index contributed by atoms with van der Waals surface area (Å²) in [6.07, 6.45) is 10.1. The number of rotatable bonds is 6. The van der Waals surface area contributed by atoms with Crippen LogP contribution in [0.4, 0.5) is 0 Å². The van der Waals surface area contributed by atoms with Crippen LogP contribution in [0.3, 0.4) is 0 Å². The highest BCUT2D eigenvalue weighted by Gasteiger charge is 2.19. The van der Waals surface area contributed by atoms with Crippen LogP contribution in [-0.4, -0.2) is 12.2 Å². The van der Waals surface area contributed by atoms with Crippen molar-refractivity contribution >= 4 is 30.1 Å². The maximum Gasteiger partial charge on any atom is 0.0869 e. The van der Waals surface area contributed by atoms with E-state index in [0.29, 0.717) is 12.0 Å². The second-order valence-electron chi connectivity index (χ2n) is 5.17. The van der Waals surface area contributed by atoms with Crippen molar-refractivity contribution in [3.63, 3.8) is 0 Å². The van der Waals surface area contributed by atoms with Crippen molar-refractivity contribution < 1.29 is 4.74 Å². The van der Waals surface area contributed by atoms with E-state index < -0.39 is 0 Å². The van der Waals surface area contributed by atoms with Crippen molar-refractivity contribution in [1.82, 2.24) is 0 Å². The minimum Gasteiger partial charge on any atom is -0.370 e. The van der Waals surface area contributed by atoms with Crippen LogP contribution in [0.1, 0.15) is 46.0 Å². The lowest BCUT2D eigenvalue weighted by Gasteiger charge is -2.27. The Kier molecular flexibility index (Phi) is 8.93. The molecule has 0 amide bonds. The highest BCUT2D eigenvalue weighted by molar-refractivity contribution is 14.2. The van der Waals surface area contributed by atoms with E-state index in [2.05, 4.69) is 65.0 Å². The third-order valence-corrected chi connectivity index (χ3v) is 4.22. The SMILES string of the molecule is C=C(CC)CC(C)CC1CC=CC(CC#CSI)O1. The summed E-state index contributed by atoms with van der Waals surface area (Å²) >= 11 is 2.19. The zero-order chi connectivity index (χ0) is 14.1. The van der Waals surface area contributed by atoms with Crippen molar-refractivity contribution in [1.29, 1.82) is 0 Å². The van der Waals surface area contributed by atoms with E-state index in [0.717, 1.165) is 32.1 Å². The van der Waals surface area contributed by atoms with E-state index in [1.165, 1.54) is 14.5 Å². The van der Waals surface area contributed by atoms with E-state index in [4.69, 9.17) is 4.74 Å². The van der Waals surface area contributed by atoms with Crippen LogP contribution >= 0.6 is 30.1 Å². The Bertz CT molecular complexity index is 367. The van der Waals surface area contributed by atoms with Gasteiger partial charge in [0.1, 0.15) is 0 Å². The van der Waals surface area contributed by atoms with Gasteiger partial charge in [-0.2, -0.15) is 0 Å². The van der Waals surface area contributed by atoms with Crippen molar-refractivity contribution in [2.24, 2.45) is 5.92 Å². The lowest BCUT2D eigenvalue weighted by atomic mass is 9.93. The fraction of sp³-hybridized carbons (Fsp3) is 0.625. The zero-order valence-corrected chi connectivity index (χ0v) is 14.8. The summed E-state index contributed by atoms with van der Waals surface area (Å²) in [4.78, 5) is 0. The molecule has 1 aliphatic heterocycles. The molecule has 0 N–H and O–H groups in total. The third kappa shape index (κ3) is 7.43. The first-order chi connectivity index (χ1) is 9.15. The normalized spacial score (nSPS) is 23.5. The molecule has 1 nitrogen and oxygen atoms in total. The molecule has 0 bridgehead atoms. The molecule has 19 heavy (non-hydrogen) atoms. The van der Waals surface area contributed by atoms with E-state index in [1.54, 1.807) is 0 Å². The second kappa shape index (κ2) is 9.90. The quantitative estimate of drug-likeness (QED) is 0.336. The van der Waals surface area contributed by atoms with Gasteiger partial charge in [0.05, 0.1) is 12.2 Å². The first-order valence-electron chi connectivity index (χ1n) is 6.89. The molecule has 1 aliphatic rings. The maximum absolute atomic E-state index is 6.09. The van der Waals surface area contributed by atoms with Crippen LogP contribution in [0.25, 0.3) is 0 Å². The van der Waals surface area contributed by atoms with Gasteiger partial charge in [0.2, 0.25) is 0 Å². The lowest BCUT2D eigenvalue weighted by molar-refractivity contribution is -0.00328. The largest absolute Gasteiger partial charge is 0.370 e. The Morgan fingerprint density at radius 3 is 3.11 bits per heavy atom. The monoisotopic (exact) mass is 390 g/mol. The summed E-state index contributed by atoms with van der Waals surface area (Å²) in [5.74, 6) is 3.79. The predicted molar refractivity (Wildman–Crippen MR) is 94.3 cm³/mol. The molecule has 106 valence electrons. The Morgan fingerprint density at radius 1 is 1.63 bits per heavy atom. The lowest BCUT2D eigenvalue weighted by Crippen LogP contribution is -2.25. The Hall–Kier alpha value is 0.0800. The maximum atomic E-state index is 6.09. The molecule has 0 fully saturated rings. The van der Waals surface area contributed by atoms with Crippen LogP contribution in [-0.2, 0) is 4.74 Å². The highest BCUT2D eigenvalue weighted by atomic mass is 127. The van der Waals surface area contributed by atoms with Crippen LogP contribution in [0.5, 0.6) is 0 Å². The molecule has 3 unspecified atom stereocenters. The van der Waals surface area contributed by atoms with Gasteiger partial charge in [-0.3, -0.25) is 0 Å². The molecule has 0 saturated carbocycles. The van der Waals surface area contributed by atoms with E-state index in [-0.39, 0.29) is 6.10 Å². The first kappa shape index (κ1) is 17.1. The van der Waals surface area contributed by atoms with E-state index >= 15 is 0 Å². The second-order valence-corrected chi connectivity index (χ2v) is 6.85. The molecule has 3 heteroatoms. The summed E-state index contributed by atoms with van der Waals surface area (Å²) in [6, 6.07) is 0. The molecular formula is C16H23IOS. The number of halogens is 1. The standard InChI is InChI=1S/C16H23IOS/c1-4-13(2)11-14(3)12-16-8-5-7-15(18-16)9-6-10-19-17/h5,7,14-16H,2,4,8-9,11-12H2,1,3H3. The van der Waals surface area contributed by atoms with Gasteiger partial charge in [0, 0.05) is 27.6 Å². The first-order valence-corrected chi connectivity index (χ1v) is 10.3. The molecule has 0 aliphatic carbocycles. The Labute approximate surface area is 134 Å². The van der Waals surface area contributed by atoms with Crippen LogP contribution in [0, 0.1) is 17.1 Å². The molecule has 1 heterocycles. The highest BCUT2D eigenvalue weighted by Crippen LogP contribution is 2.24. The summed E-state index contributed by atoms with van der Waals surface area (Å²) in [7, 11) is 1.53. The average Bonchev–Trinajstić information content (AvgIpc) is 2.39. The van der Waals surface area contributed by atoms with Gasteiger partial charge in [-0.1, -0.05) is 44.1 Å². The summed E-state index contributed by atoms with van der Waals surface area (Å²) < 4.78 is 6.09.